The van der Waals surface area contributed by atoms with E-state index < -0.39 is 5.97 Å². The number of urea groups is 1. The summed E-state index contributed by atoms with van der Waals surface area (Å²) < 4.78 is 0. The summed E-state index contributed by atoms with van der Waals surface area (Å²) in [5.41, 5.74) is 0. The van der Waals surface area contributed by atoms with Gasteiger partial charge in [-0.05, 0) is 32.6 Å². The van der Waals surface area contributed by atoms with E-state index in [0.29, 0.717) is 12.8 Å². The van der Waals surface area contributed by atoms with Crippen LogP contribution in [0.3, 0.4) is 0 Å². The van der Waals surface area contributed by atoms with Crippen molar-refractivity contribution >= 4 is 17.9 Å². The molecule has 3 amide bonds. The van der Waals surface area contributed by atoms with Crippen molar-refractivity contribution in [3.63, 3.8) is 0 Å². The zero-order chi connectivity index (χ0) is 15.1. The maximum atomic E-state index is 11.8. The molecule has 1 aliphatic carbocycles. The number of nitrogens with zero attached hydrogens (tertiary/aromatic N) is 1. The van der Waals surface area contributed by atoms with Gasteiger partial charge in [-0.15, -0.1) is 0 Å². The molecule has 1 saturated carbocycles. The number of aliphatic carboxylic acids is 1. The van der Waals surface area contributed by atoms with Crippen LogP contribution in [0.1, 0.15) is 39.0 Å². The molecule has 0 heterocycles. The molecule has 0 aromatic heterocycles. The van der Waals surface area contributed by atoms with Crippen molar-refractivity contribution in [2.45, 2.75) is 51.1 Å². The van der Waals surface area contributed by atoms with E-state index in [9.17, 15) is 14.4 Å². The van der Waals surface area contributed by atoms with Crippen molar-refractivity contribution in [1.82, 2.24) is 15.5 Å². The lowest BCUT2D eigenvalue weighted by Crippen LogP contribution is -2.46. The Bertz CT molecular complexity index is 369. The molecule has 0 spiro atoms. The number of carbonyl (C=O) groups excluding carboxylic acids is 2. The molecule has 0 aliphatic heterocycles. The van der Waals surface area contributed by atoms with Gasteiger partial charge in [-0.2, -0.15) is 0 Å². The number of amides is 3. The average Bonchev–Trinajstić information content (AvgIpc) is 3.11. The standard InChI is InChI=1S/C13H23N3O4/c1-9(4-3-5-12(18)19)14-13(20)16(2)8-11(17)15-10-6-7-10/h9-10H,3-8H2,1-2H3,(H,14,20)(H,15,17)(H,18,19). The molecule has 0 aromatic rings. The van der Waals surface area contributed by atoms with Gasteiger partial charge in [0.05, 0.1) is 0 Å². The first kappa shape index (κ1) is 16.3. The van der Waals surface area contributed by atoms with E-state index >= 15 is 0 Å². The number of carbonyl (C=O) groups is 3. The number of rotatable bonds is 8. The lowest BCUT2D eigenvalue weighted by Gasteiger charge is -2.20. The van der Waals surface area contributed by atoms with Crippen LogP contribution in [0.2, 0.25) is 0 Å². The second-order valence-corrected chi connectivity index (χ2v) is 5.33. The monoisotopic (exact) mass is 285 g/mol. The van der Waals surface area contributed by atoms with E-state index in [2.05, 4.69) is 10.6 Å². The quantitative estimate of drug-likeness (QED) is 0.606. The summed E-state index contributed by atoms with van der Waals surface area (Å²) in [6, 6.07) is -0.150. The highest BCUT2D eigenvalue weighted by Crippen LogP contribution is 2.18. The van der Waals surface area contributed by atoms with Gasteiger partial charge in [0, 0.05) is 25.6 Å². The largest absolute Gasteiger partial charge is 0.481 e. The highest BCUT2D eigenvalue weighted by molar-refractivity contribution is 5.84. The molecule has 1 atom stereocenters. The number of likely N-dealkylation sites (N-methyl/N-ethyl adjacent to an activating group) is 1. The zero-order valence-corrected chi connectivity index (χ0v) is 12.0. The highest BCUT2D eigenvalue weighted by Gasteiger charge is 2.24. The molecule has 0 aromatic carbocycles. The second kappa shape index (κ2) is 7.72. The van der Waals surface area contributed by atoms with Gasteiger partial charge in [-0.25, -0.2) is 4.79 Å². The van der Waals surface area contributed by atoms with Crippen LogP contribution >= 0.6 is 0 Å². The summed E-state index contributed by atoms with van der Waals surface area (Å²) in [5, 5.41) is 14.1. The van der Waals surface area contributed by atoms with E-state index in [1.54, 1.807) is 7.05 Å². The van der Waals surface area contributed by atoms with Crippen molar-refractivity contribution in [3.8, 4) is 0 Å². The fourth-order valence-electron chi connectivity index (χ4n) is 1.74. The first-order valence-electron chi connectivity index (χ1n) is 6.91. The van der Waals surface area contributed by atoms with Gasteiger partial charge in [0.25, 0.3) is 0 Å². The van der Waals surface area contributed by atoms with Gasteiger partial charge >= 0.3 is 12.0 Å². The van der Waals surface area contributed by atoms with Crippen molar-refractivity contribution in [1.29, 1.82) is 0 Å². The number of nitrogens with one attached hydrogen (secondary N) is 2. The molecule has 3 N–H and O–H groups in total. The van der Waals surface area contributed by atoms with Crippen LogP contribution in [0.25, 0.3) is 0 Å². The molecule has 1 fully saturated rings. The molecular weight excluding hydrogens is 262 g/mol. The van der Waals surface area contributed by atoms with Gasteiger partial charge in [-0.1, -0.05) is 0 Å². The van der Waals surface area contributed by atoms with Crippen LogP contribution in [0.15, 0.2) is 0 Å². The number of carboxylic acid groups (broad SMARTS) is 1. The third-order valence-electron chi connectivity index (χ3n) is 3.07. The van der Waals surface area contributed by atoms with Gasteiger partial charge in [-0.3, -0.25) is 9.59 Å². The molecule has 7 nitrogen and oxygen atoms in total. The Hall–Kier alpha value is -1.79. The molecule has 20 heavy (non-hydrogen) atoms. The Balaban J connectivity index is 2.18. The van der Waals surface area contributed by atoms with Gasteiger partial charge in [0.2, 0.25) is 5.91 Å². The van der Waals surface area contributed by atoms with Crippen LogP contribution < -0.4 is 10.6 Å². The predicted octanol–water partition coefficient (Wildman–Crippen LogP) is 0.550. The zero-order valence-electron chi connectivity index (χ0n) is 12.0. The Kier molecular flexibility index (Phi) is 6.27. The Morgan fingerprint density at radius 1 is 1.35 bits per heavy atom. The Morgan fingerprint density at radius 2 is 2.00 bits per heavy atom. The van der Waals surface area contributed by atoms with Crippen LogP contribution in [0, 0.1) is 0 Å². The second-order valence-electron chi connectivity index (χ2n) is 5.33. The Morgan fingerprint density at radius 3 is 2.55 bits per heavy atom. The van der Waals surface area contributed by atoms with E-state index in [1.807, 2.05) is 6.92 Å². The van der Waals surface area contributed by atoms with Crippen LogP contribution in [0.4, 0.5) is 4.79 Å². The van der Waals surface area contributed by atoms with E-state index in [-0.39, 0.29) is 37.0 Å². The predicted molar refractivity (Wildman–Crippen MR) is 73.3 cm³/mol. The lowest BCUT2D eigenvalue weighted by atomic mass is 10.1. The topological polar surface area (TPSA) is 98.7 Å². The average molecular weight is 285 g/mol. The summed E-state index contributed by atoms with van der Waals surface area (Å²) in [7, 11) is 1.56. The number of hydrogen-bond acceptors (Lipinski definition) is 3. The van der Waals surface area contributed by atoms with Gasteiger partial charge in [0.1, 0.15) is 6.54 Å². The van der Waals surface area contributed by atoms with Crippen LogP contribution in [-0.4, -0.2) is 53.6 Å². The lowest BCUT2D eigenvalue weighted by molar-refractivity contribution is -0.137. The van der Waals surface area contributed by atoms with Crippen LogP contribution in [0.5, 0.6) is 0 Å². The molecule has 1 rings (SSSR count). The molecule has 0 radical (unpaired) electrons. The van der Waals surface area contributed by atoms with E-state index in [0.717, 1.165) is 12.8 Å². The van der Waals surface area contributed by atoms with Crippen LogP contribution in [-0.2, 0) is 9.59 Å². The molecule has 7 heteroatoms. The molecule has 0 saturated heterocycles. The summed E-state index contributed by atoms with van der Waals surface area (Å²) in [6.45, 7) is 1.85. The minimum Gasteiger partial charge on any atom is -0.481 e. The summed E-state index contributed by atoms with van der Waals surface area (Å²) in [5.74, 6) is -0.985. The third-order valence-corrected chi connectivity index (χ3v) is 3.07. The smallest absolute Gasteiger partial charge is 0.317 e. The van der Waals surface area contributed by atoms with Crippen molar-refractivity contribution < 1.29 is 19.5 Å². The Labute approximate surface area is 118 Å². The SMILES string of the molecule is CC(CCCC(=O)O)NC(=O)N(C)CC(=O)NC1CC1. The van der Waals surface area contributed by atoms with Gasteiger partial charge in [0.15, 0.2) is 0 Å². The van der Waals surface area contributed by atoms with Crippen molar-refractivity contribution in [3.05, 3.63) is 0 Å². The van der Waals surface area contributed by atoms with E-state index in [4.69, 9.17) is 5.11 Å². The minimum absolute atomic E-state index is 0.0319. The normalized spacial score (nSPS) is 15.3. The maximum absolute atomic E-state index is 11.8. The van der Waals surface area contributed by atoms with Crippen molar-refractivity contribution in [2.75, 3.05) is 13.6 Å². The number of hydrogen-bond donors (Lipinski definition) is 3. The minimum atomic E-state index is -0.836. The fourth-order valence-corrected chi connectivity index (χ4v) is 1.74. The molecular formula is C13H23N3O4. The maximum Gasteiger partial charge on any atom is 0.317 e. The molecule has 1 aliphatic rings. The summed E-state index contributed by atoms with van der Waals surface area (Å²) in [4.78, 5) is 35.1. The first-order chi connectivity index (χ1) is 9.38. The summed E-state index contributed by atoms with van der Waals surface area (Å²) in [6.07, 6.45) is 3.24. The number of carboxylic acids is 1. The van der Waals surface area contributed by atoms with Gasteiger partial charge < -0.3 is 20.6 Å². The molecule has 1 unspecified atom stereocenters. The van der Waals surface area contributed by atoms with E-state index in [1.165, 1.54) is 4.90 Å². The highest BCUT2D eigenvalue weighted by atomic mass is 16.4. The molecule has 0 bridgehead atoms. The molecule has 114 valence electrons. The third kappa shape index (κ3) is 6.96. The fraction of sp³-hybridized carbons (Fsp3) is 0.769. The first-order valence-corrected chi connectivity index (χ1v) is 6.91. The summed E-state index contributed by atoms with van der Waals surface area (Å²) >= 11 is 0. The van der Waals surface area contributed by atoms with Crippen molar-refractivity contribution in [2.24, 2.45) is 0 Å².